The van der Waals surface area contributed by atoms with Crippen molar-refractivity contribution < 1.29 is 0 Å². The molecular weight excluding hydrogens is 223 g/mol. The van der Waals surface area contributed by atoms with Crippen LogP contribution in [0.5, 0.6) is 0 Å². The van der Waals surface area contributed by atoms with Gasteiger partial charge < -0.3 is 0 Å². The summed E-state index contributed by atoms with van der Waals surface area (Å²) in [6.07, 6.45) is 11.3. The number of aryl methyl sites for hydroxylation is 1. The van der Waals surface area contributed by atoms with Gasteiger partial charge in [-0.15, -0.1) is 0 Å². The molecule has 1 unspecified atom stereocenters. The van der Waals surface area contributed by atoms with Gasteiger partial charge in [0.1, 0.15) is 0 Å². The molecule has 0 radical (unpaired) electrons. The molecule has 0 aliphatic carbocycles. The van der Waals surface area contributed by atoms with Crippen LogP contribution in [-0.4, -0.2) is 6.16 Å². The van der Waals surface area contributed by atoms with Crippen molar-refractivity contribution in [3.63, 3.8) is 0 Å². The monoisotopic (exact) mass is 250 g/mol. The van der Waals surface area contributed by atoms with Gasteiger partial charge in [-0.2, -0.15) is 0 Å². The maximum atomic E-state index is 2.29. The summed E-state index contributed by atoms with van der Waals surface area (Å²) in [4.78, 5) is 0. The Morgan fingerprint density at radius 2 is 1.41 bits per heavy atom. The number of hydrogen-bond donors (Lipinski definition) is 0. The van der Waals surface area contributed by atoms with Gasteiger partial charge in [-0.3, -0.25) is 0 Å². The van der Waals surface area contributed by atoms with Crippen molar-refractivity contribution >= 4 is 13.9 Å². The van der Waals surface area contributed by atoms with Crippen molar-refractivity contribution in [3.8, 4) is 0 Å². The lowest BCUT2D eigenvalue weighted by atomic mass is 10.1. The second-order valence-corrected chi connectivity index (χ2v) is 6.35. The maximum absolute atomic E-state index is 2.29. The van der Waals surface area contributed by atoms with Crippen LogP contribution in [0.2, 0.25) is 0 Å². The van der Waals surface area contributed by atoms with Crippen LogP contribution in [0.3, 0.4) is 0 Å². The van der Waals surface area contributed by atoms with E-state index < -0.39 is 0 Å². The van der Waals surface area contributed by atoms with Crippen LogP contribution in [-0.2, 0) is 0 Å². The van der Waals surface area contributed by atoms with E-state index in [1.165, 1.54) is 62.0 Å². The van der Waals surface area contributed by atoms with Crippen molar-refractivity contribution in [1.82, 2.24) is 0 Å². The van der Waals surface area contributed by atoms with Crippen LogP contribution in [0.25, 0.3) is 0 Å². The summed E-state index contributed by atoms with van der Waals surface area (Å²) >= 11 is 0. The zero-order chi connectivity index (χ0) is 12.3. The van der Waals surface area contributed by atoms with Crippen molar-refractivity contribution in [3.05, 3.63) is 29.8 Å². The average molecular weight is 250 g/mol. The Bertz CT molecular complexity index is 276. The Morgan fingerprint density at radius 1 is 0.824 bits per heavy atom. The first-order valence-corrected chi connectivity index (χ1v) is 8.34. The molecule has 0 fully saturated rings. The Kier molecular flexibility index (Phi) is 8.36. The van der Waals surface area contributed by atoms with Crippen molar-refractivity contribution in [2.24, 2.45) is 0 Å². The van der Waals surface area contributed by atoms with E-state index in [1.54, 1.807) is 0 Å². The fourth-order valence-electron chi connectivity index (χ4n) is 1.99. The second kappa shape index (κ2) is 9.66. The highest BCUT2D eigenvalue weighted by atomic mass is 31.1. The molecule has 0 nitrogen and oxygen atoms in total. The largest absolute Gasteiger partial charge is 0.0904 e. The van der Waals surface area contributed by atoms with E-state index in [0.29, 0.717) is 0 Å². The predicted octanol–water partition coefficient (Wildman–Crippen LogP) is 5.05. The fraction of sp³-hybridized carbons (Fsp3) is 0.625. The van der Waals surface area contributed by atoms with Crippen LogP contribution in [0.1, 0.15) is 57.4 Å². The number of benzene rings is 1. The molecule has 1 aromatic rings. The van der Waals surface area contributed by atoms with Gasteiger partial charge >= 0.3 is 0 Å². The lowest BCUT2D eigenvalue weighted by Gasteiger charge is -2.03. The van der Waals surface area contributed by atoms with Crippen molar-refractivity contribution in [1.29, 1.82) is 0 Å². The van der Waals surface area contributed by atoms with Gasteiger partial charge in [0.25, 0.3) is 0 Å². The summed E-state index contributed by atoms with van der Waals surface area (Å²) in [5.41, 5.74) is 1.37. The van der Waals surface area contributed by atoms with Crippen LogP contribution in [0.4, 0.5) is 0 Å². The normalized spacial score (nSPS) is 11.4. The number of rotatable bonds is 9. The molecular formula is C16H27P. The van der Waals surface area contributed by atoms with E-state index in [-0.39, 0.29) is 0 Å². The third-order valence-electron chi connectivity index (χ3n) is 3.16. The molecule has 0 aliphatic rings. The Labute approximate surface area is 109 Å². The third-order valence-corrected chi connectivity index (χ3v) is 4.51. The lowest BCUT2D eigenvalue weighted by molar-refractivity contribution is 0.603. The zero-order valence-electron chi connectivity index (χ0n) is 11.5. The lowest BCUT2D eigenvalue weighted by Crippen LogP contribution is -1.94. The van der Waals surface area contributed by atoms with Crippen molar-refractivity contribution in [2.45, 2.75) is 58.8 Å². The van der Waals surface area contributed by atoms with E-state index in [1.807, 2.05) is 0 Å². The first-order chi connectivity index (χ1) is 8.33. The molecule has 1 rings (SSSR count). The summed E-state index contributed by atoms with van der Waals surface area (Å²) in [6, 6.07) is 9.03. The second-order valence-electron chi connectivity index (χ2n) is 4.91. The Morgan fingerprint density at radius 3 is 2.06 bits per heavy atom. The molecule has 0 N–H and O–H groups in total. The van der Waals surface area contributed by atoms with E-state index in [0.717, 1.165) is 8.58 Å². The standard InChI is InChI=1S/C16H27P/c1-3-4-5-6-7-8-9-14-17-16-12-10-15(2)11-13-16/h10-13,17H,3-9,14H2,1-2H3. The molecule has 1 atom stereocenters. The van der Waals surface area contributed by atoms with Gasteiger partial charge in [0.2, 0.25) is 0 Å². The molecule has 0 heterocycles. The molecule has 0 amide bonds. The topological polar surface area (TPSA) is 0 Å². The van der Waals surface area contributed by atoms with Crippen molar-refractivity contribution in [2.75, 3.05) is 6.16 Å². The molecule has 0 aliphatic heterocycles. The van der Waals surface area contributed by atoms with Crippen LogP contribution in [0.15, 0.2) is 24.3 Å². The highest BCUT2D eigenvalue weighted by Crippen LogP contribution is 2.15. The summed E-state index contributed by atoms with van der Waals surface area (Å²) < 4.78 is 0. The highest BCUT2D eigenvalue weighted by molar-refractivity contribution is 7.47. The molecule has 0 saturated heterocycles. The summed E-state index contributed by atoms with van der Waals surface area (Å²) in [5, 5.41) is 1.53. The van der Waals surface area contributed by atoms with Gasteiger partial charge in [0, 0.05) is 0 Å². The van der Waals surface area contributed by atoms with E-state index in [2.05, 4.69) is 38.1 Å². The van der Waals surface area contributed by atoms with E-state index >= 15 is 0 Å². The first-order valence-electron chi connectivity index (χ1n) is 7.13. The predicted molar refractivity (Wildman–Crippen MR) is 82.0 cm³/mol. The molecule has 17 heavy (non-hydrogen) atoms. The summed E-state index contributed by atoms with van der Waals surface area (Å²) in [5.74, 6) is 0. The van der Waals surface area contributed by atoms with Gasteiger partial charge in [-0.05, 0) is 24.8 Å². The average Bonchev–Trinajstić information content (AvgIpc) is 2.35. The van der Waals surface area contributed by atoms with E-state index in [4.69, 9.17) is 0 Å². The van der Waals surface area contributed by atoms with Gasteiger partial charge in [0.15, 0.2) is 0 Å². The minimum Gasteiger partial charge on any atom is -0.0904 e. The Hall–Kier alpha value is -0.350. The smallest absolute Gasteiger partial charge is 0.0271 e. The van der Waals surface area contributed by atoms with E-state index in [9.17, 15) is 0 Å². The van der Waals surface area contributed by atoms with Crippen LogP contribution in [0, 0.1) is 6.92 Å². The van der Waals surface area contributed by atoms with Gasteiger partial charge in [-0.25, -0.2) is 0 Å². The summed E-state index contributed by atoms with van der Waals surface area (Å²) in [6.45, 7) is 4.44. The molecule has 96 valence electrons. The SMILES string of the molecule is CCCCCCCCCPc1ccc(C)cc1. The minimum atomic E-state index is 1.01. The van der Waals surface area contributed by atoms with Crippen LogP contribution >= 0.6 is 8.58 Å². The first kappa shape index (κ1) is 14.7. The van der Waals surface area contributed by atoms with Crippen LogP contribution < -0.4 is 5.30 Å². The maximum Gasteiger partial charge on any atom is -0.0271 e. The Balaban J connectivity index is 1.95. The molecule has 0 bridgehead atoms. The zero-order valence-corrected chi connectivity index (χ0v) is 12.5. The van der Waals surface area contributed by atoms with Gasteiger partial charge in [-0.1, -0.05) is 83.9 Å². The van der Waals surface area contributed by atoms with Gasteiger partial charge in [0.05, 0.1) is 0 Å². The molecule has 1 heteroatoms. The minimum absolute atomic E-state index is 1.01. The quantitative estimate of drug-likeness (QED) is 0.425. The molecule has 0 saturated carbocycles. The fourth-order valence-corrected chi connectivity index (χ4v) is 3.10. The molecule has 0 aromatic heterocycles. The number of unbranched alkanes of at least 4 members (excludes halogenated alkanes) is 6. The highest BCUT2D eigenvalue weighted by Gasteiger charge is 1.94. The molecule has 1 aromatic carbocycles. The molecule has 0 spiro atoms. The summed E-state index contributed by atoms with van der Waals surface area (Å²) in [7, 11) is 1.01. The third kappa shape index (κ3) is 7.55. The number of hydrogen-bond acceptors (Lipinski definition) is 0.